The number of hydrogen-bond donors (Lipinski definition) is 0. The SMILES string of the molecule is Cc1cnc(-c2ccc(N(c3ccccc3)c3ccc(-c4ccccc4)cc3)cc2)c(-c2ccc(N(c3ccccc3)c3ccc(-c4ccccc4)cc3)cc2)n1. The lowest BCUT2D eigenvalue weighted by atomic mass is 10.0. The van der Waals surface area contributed by atoms with Gasteiger partial charge in [-0.05, 0) is 102 Å². The number of benzene rings is 8. The maximum absolute atomic E-state index is 5.05. The van der Waals surface area contributed by atoms with Gasteiger partial charge >= 0.3 is 0 Å². The Bertz CT molecular complexity index is 2680. The minimum atomic E-state index is 0.842. The van der Waals surface area contributed by atoms with Gasteiger partial charge in [-0.15, -0.1) is 0 Å². The Kier molecular flexibility index (Phi) is 9.89. The second-order valence-corrected chi connectivity index (χ2v) is 14.0. The Balaban J connectivity index is 1.03. The summed E-state index contributed by atoms with van der Waals surface area (Å²) < 4.78 is 0. The number of hydrogen-bond acceptors (Lipinski definition) is 4. The van der Waals surface area contributed by atoms with Gasteiger partial charge in [0, 0.05) is 51.4 Å². The molecule has 0 N–H and O–H groups in total. The van der Waals surface area contributed by atoms with Gasteiger partial charge in [0.2, 0.25) is 0 Å². The first-order valence-electron chi connectivity index (χ1n) is 19.2. The van der Waals surface area contributed by atoms with Gasteiger partial charge in [-0.1, -0.05) is 146 Å². The average Bonchev–Trinajstić information content (AvgIpc) is 3.29. The first-order valence-corrected chi connectivity index (χ1v) is 19.2. The predicted molar refractivity (Wildman–Crippen MR) is 238 cm³/mol. The van der Waals surface area contributed by atoms with Crippen molar-refractivity contribution in [3.63, 3.8) is 0 Å². The molecule has 0 amide bonds. The summed E-state index contributed by atoms with van der Waals surface area (Å²) >= 11 is 0. The summed E-state index contributed by atoms with van der Waals surface area (Å²) in [7, 11) is 0. The second kappa shape index (κ2) is 16.0. The summed E-state index contributed by atoms with van der Waals surface area (Å²) in [5.41, 5.74) is 15.8. The van der Waals surface area contributed by atoms with E-state index in [-0.39, 0.29) is 0 Å². The third-order valence-corrected chi connectivity index (χ3v) is 10.2. The highest BCUT2D eigenvalue weighted by Gasteiger charge is 2.17. The van der Waals surface area contributed by atoms with Crippen molar-refractivity contribution in [3.8, 4) is 44.8 Å². The van der Waals surface area contributed by atoms with Crippen molar-refractivity contribution in [1.82, 2.24) is 9.97 Å². The Morgan fingerprint density at radius 3 is 0.930 bits per heavy atom. The van der Waals surface area contributed by atoms with Crippen molar-refractivity contribution >= 4 is 34.1 Å². The van der Waals surface area contributed by atoms with Crippen molar-refractivity contribution in [1.29, 1.82) is 0 Å². The van der Waals surface area contributed by atoms with Crippen LogP contribution in [0.4, 0.5) is 34.1 Å². The Morgan fingerprint density at radius 1 is 0.281 bits per heavy atom. The van der Waals surface area contributed by atoms with E-state index in [2.05, 4.69) is 216 Å². The highest BCUT2D eigenvalue weighted by molar-refractivity contribution is 5.84. The van der Waals surface area contributed by atoms with Crippen LogP contribution in [0.5, 0.6) is 0 Å². The fourth-order valence-electron chi connectivity index (χ4n) is 7.34. The van der Waals surface area contributed by atoms with Gasteiger partial charge in [-0.2, -0.15) is 0 Å². The lowest BCUT2D eigenvalue weighted by Gasteiger charge is -2.26. The molecular formula is C53H40N4. The molecule has 8 aromatic carbocycles. The van der Waals surface area contributed by atoms with E-state index in [4.69, 9.17) is 9.97 Å². The summed E-state index contributed by atoms with van der Waals surface area (Å²) in [5, 5.41) is 0. The lowest BCUT2D eigenvalue weighted by Crippen LogP contribution is -2.10. The molecule has 0 spiro atoms. The van der Waals surface area contributed by atoms with Crippen LogP contribution in [0.25, 0.3) is 44.8 Å². The molecule has 1 heterocycles. The van der Waals surface area contributed by atoms with Crippen molar-refractivity contribution in [3.05, 3.63) is 230 Å². The summed E-state index contributed by atoms with van der Waals surface area (Å²) in [5.74, 6) is 0. The standard InChI is InChI=1S/C53H40N4/c1-39-38-54-52(44-26-34-50(35-27-44)56(46-18-10-4-11-19-46)48-30-22-42(23-31-48)40-14-6-2-7-15-40)53(55-39)45-28-36-51(37-29-45)57(47-20-12-5-13-21-47)49-32-24-43(25-33-49)41-16-8-3-9-17-41/h2-38H,1H3. The number of anilines is 6. The summed E-state index contributed by atoms with van der Waals surface area (Å²) in [4.78, 5) is 14.6. The molecule has 0 atom stereocenters. The molecular weight excluding hydrogens is 693 g/mol. The van der Waals surface area contributed by atoms with E-state index in [1.807, 2.05) is 25.3 Å². The molecule has 4 nitrogen and oxygen atoms in total. The number of nitrogens with zero attached hydrogens (tertiary/aromatic N) is 4. The quantitative estimate of drug-likeness (QED) is 0.140. The van der Waals surface area contributed by atoms with Gasteiger partial charge in [0.1, 0.15) is 0 Å². The van der Waals surface area contributed by atoms with Gasteiger partial charge in [-0.3, -0.25) is 4.98 Å². The monoisotopic (exact) mass is 732 g/mol. The molecule has 0 aliphatic rings. The van der Waals surface area contributed by atoms with Crippen molar-refractivity contribution in [2.75, 3.05) is 9.80 Å². The largest absolute Gasteiger partial charge is 0.311 e. The van der Waals surface area contributed by atoms with Crippen LogP contribution in [-0.4, -0.2) is 9.97 Å². The van der Waals surface area contributed by atoms with E-state index in [9.17, 15) is 0 Å². The van der Waals surface area contributed by atoms with Crippen molar-refractivity contribution < 1.29 is 0 Å². The maximum Gasteiger partial charge on any atom is 0.0968 e. The van der Waals surface area contributed by atoms with Crippen molar-refractivity contribution in [2.24, 2.45) is 0 Å². The molecule has 0 unspecified atom stereocenters. The predicted octanol–water partition coefficient (Wildman–Crippen LogP) is 14.4. The molecule has 0 bridgehead atoms. The topological polar surface area (TPSA) is 32.3 Å². The minimum absolute atomic E-state index is 0.842. The first kappa shape index (κ1) is 35.2. The Labute approximate surface area is 334 Å². The number of aryl methyl sites for hydroxylation is 1. The smallest absolute Gasteiger partial charge is 0.0968 e. The van der Waals surface area contributed by atoms with Crippen molar-refractivity contribution in [2.45, 2.75) is 6.92 Å². The number of rotatable bonds is 10. The van der Waals surface area contributed by atoms with Gasteiger partial charge in [0.25, 0.3) is 0 Å². The molecule has 0 aliphatic heterocycles. The molecule has 0 fully saturated rings. The van der Waals surface area contributed by atoms with Crippen LogP contribution in [0.3, 0.4) is 0 Å². The van der Waals surface area contributed by atoms with E-state index in [1.54, 1.807) is 0 Å². The van der Waals surface area contributed by atoms with Crippen LogP contribution in [-0.2, 0) is 0 Å². The zero-order chi connectivity index (χ0) is 38.4. The van der Waals surface area contributed by atoms with Crippen LogP contribution in [0.1, 0.15) is 5.69 Å². The van der Waals surface area contributed by atoms with Crippen LogP contribution < -0.4 is 9.80 Å². The maximum atomic E-state index is 5.05. The van der Waals surface area contributed by atoms with E-state index < -0.39 is 0 Å². The molecule has 9 rings (SSSR count). The second-order valence-electron chi connectivity index (χ2n) is 14.0. The molecule has 0 radical (unpaired) electrons. The zero-order valence-corrected chi connectivity index (χ0v) is 31.7. The van der Waals surface area contributed by atoms with Gasteiger partial charge in [-0.25, -0.2) is 4.98 Å². The number of aromatic nitrogens is 2. The summed E-state index contributed by atoms with van der Waals surface area (Å²) in [6.07, 6.45) is 1.85. The fourth-order valence-corrected chi connectivity index (χ4v) is 7.34. The lowest BCUT2D eigenvalue weighted by molar-refractivity contribution is 1.13. The molecule has 1 aromatic heterocycles. The minimum Gasteiger partial charge on any atom is -0.311 e. The molecule has 0 saturated carbocycles. The van der Waals surface area contributed by atoms with Gasteiger partial charge in [0.15, 0.2) is 0 Å². The fraction of sp³-hybridized carbons (Fsp3) is 0.0189. The first-order chi connectivity index (χ1) is 28.2. The van der Waals surface area contributed by atoms with E-state index in [0.29, 0.717) is 0 Å². The molecule has 272 valence electrons. The summed E-state index contributed by atoms with van der Waals surface area (Å²) in [6, 6.07) is 76.8. The van der Waals surface area contributed by atoms with Crippen LogP contribution >= 0.6 is 0 Å². The highest BCUT2D eigenvalue weighted by atomic mass is 15.1. The molecule has 4 heteroatoms. The van der Waals surface area contributed by atoms with E-state index >= 15 is 0 Å². The third kappa shape index (κ3) is 7.57. The zero-order valence-electron chi connectivity index (χ0n) is 31.7. The van der Waals surface area contributed by atoms with E-state index in [1.165, 1.54) is 22.3 Å². The van der Waals surface area contributed by atoms with Crippen LogP contribution in [0, 0.1) is 6.92 Å². The van der Waals surface area contributed by atoms with Gasteiger partial charge in [0.05, 0.1) is 17.1 Å². The molecule has 9 aromatic rings. The molecule has 57 heavy (non-hydrogen) atoms. The Hall–Kier alpha value is -7.56. The normalized spacial score (nSPS) is 10.9. The molecule has 0 saturated heterocycles. The third-order valence-electron chi connectivity index (χ3n) is 10.2. The average molecular weight is 733 g/mol. The Morgan fingerprint density at radius 2 is 0.561 bits per heavy atom. The van der Waals surface area contributed by atoms with Gasteiger partial charge < -0.3 is 9.80 Å². The molecule has 0 aliphatic carbocycles. The summed E-state index contributed by atoms with van der Waals surface area (Å²) in [6.45, 7) is 1.99. The number of para-hydroxylation sites is 2. The van der Waals surface area contributed by atoms with Crippen LogP contribution in [0.15, 0.2) is 225 Å². The van der Waals surface area contributed by atoms with E-state index in [0.717, 1.165) is 62.3 Å². The highest BCUT2D eigenvalue weighted by Crippen LogP contribution is 2.39. The van der Waals surface area contributed by atoms with Crippen LogP contribution in [0.2, 0.25) is 0 Å².